The van der Waals surface area contributed by atoms with Crippen LogP contribution in [0, 0.1) is 5.41 Å². The Morgan fingerprint density at radius 3 is 2.24 bits per heavy atom. The van der Waals surface area contributed by atoms with Gasteiger partial charge in [0.05, 0.1) is 12.5 Å². The lowest BCUT2D eigenvalue weighted by Crippen LogP contribution is -2.39. The summed E-state index contributed by atoms with van der Waals surface area (Å²) in [5.41, 5.74) is 3.35. The first-order valence-corrected chi connectivity index (χ1v) is 7.43. The fraction of sp³-hybridized carbons (Fsp3) is 0.316. The second-order valence-corrected chi connectivity index (χ2v) is 6.75. The third-order valence-corrected chi connectivity index (χ3v) is 4.06. The summed E-state index contributed by atoms with van der Waals surface area (Å²) in [6.45, 7) is 6.58. The van der Waals surface area contributed by atoms with Crippen LogP contribution in [-0.4, -0.2) is 5.91 Å². The number of para-hydroxylation sites is 1. The molecule has 3 rings (SSSR count). The highest BCUT2D eigenvalue weighted by atomic mass is 16.2. The van der Waals surface area contributed by atoms with Crippen LogP contribution in [0.1, 0.15) is 37.9 Å². The van der Waals surface area contributed by atoms with Crippen molar-refractivity contribution in [3.05, 3.63) is 65.7 Å². The molecule has 1 atom stereocenters. The first kappa shape index (κ1) is 13.9. The van der Waals surface area contributed by atoms with Crippen molar-refractivity contribution in [2.24, 2.45) is 5.41 Å². The number of fused-ring (bicyclic) bond motifs is 1. The molecule has 0 saturated heterocycles. The van der Waals surface area contributed by atoms with Gasteiger partial charge in [-0.1, -0.05) is 69.3 Å². The predicted molar refractivity (Wildman–Crippen MR) is 86.3 cm³/mol. The van der Waals surface area contributed by atoms with Crippen molar-refractivity contribution >= 4 is 11.6 Å². The summed E-state index contributed by atoms with van der Waals surface area (Å²) in [4.78, 5) is 14.6. The molecule has 2 aromatic carbocycles. The Balaban J connectivity index is 2.12. The number of benzene rings is 2. The predicted octanol–water partition coefficient (Wildman–Crippen LogP) is 4.36. The van der Waals surface area contributed by atoms with Gasteiger partial charge in [-0.2, -0.15) is 0 Å². The molecule has 1 unspecified atom stereocenters. The van der Waals surface area contributed by atoms with Crippen molar-refractivity contribution in [3.63, 3.8) is 0 Å². The molecule has 0 fully saturated rings. The van der Waals surface area contributed by atoms with E-state index >= 15 is 0 Å². The van der Waals surface area contributed by atoms with Gasteiger partial charge >= 0.3 is 0 Å². The smallest absolute Gasteiger partial charge is 0.232 e. The lowest BCUT2D eigenvalue weighted by Gasteiger charge is -2.38. The quantitative estimate of drug-likeness (QED) is 0.799. The molecule has 1 aliphatic rings. The lowest BCUT2D eigenvalue weighted by molar-refractivity contribution is -0.118. The molecule has 2 heteroatoms. The number of carbonyl (C=O) groups excluding carboxylic acids is 1. The standard InChI is InChI=1S/C19H21NO/c1-19(2,3)18(14-9-5-4-6-10-14)20-16-12-8-7-11-15(16)13-17(20)21/h4-12,18H,13H2,1-3H3. The maximum absolute atomic E-state index is 12.6. The van der Waals surface area contributed by atoms with E-state index in [0.717, 1.165) is 11.3 Å². The number of carbonyl (C=O) groups is 1. The molecule has 1 amide bonds. The molecule has 0 aromatic heterocycles. The number of amides is 1. The van der Waals surface area contributed by atoms with Crippen molar-refractivity contribution in [1.29, 1.82) is 0 Å². The third-order valence-electron chi connectivity index (χ3n) is 4.06. The molecule has 0 N–H and O–H groups in total. The van der Waals surface area contributed by atoms with Gasteiger partial charge in [-0.25, -0.2) is 0 Å². The van der Waals surface area contributed by atoms with E-state index in [1.54, 1.807) is 0 Å². The van der Waals surface area contributed by atoms with E-state index in [1.807, 2.05) is 35.2 Å². The van der Waals surface area contributed by atoms with Gasteiger partial charge in [0.25, 0.3) is 0 Å². The van der Waals surface area contributed by atoms with Gasteiger partial charge in [0.1, 0.15) is 0 Å². The molecule has 0 aliphatic carbocycles. The van der Waals surface area contributed by atoms with Crippen LogP contribution in [0.15, 0.2) is 54.6 Å². The summed E-state index contributed by atoms with van der Waals surface area (Å²) in [5, 5.41) is 0. The third kappa shape index (κ3) is 2.46. The lowest BCUT2D eigenvalue weighted by atomic mass is 9.81. The summed E-state index contributed by atoms with van der Waals surface area (Å²) in [7, 11) is 0. The second kappa shape index (κ2) is 5.03. The van der Waals surface area contributed by atoms with Crippen LogP contribution < -0.4 is 4.90 Å². The monoisotopic (exact) mass is 279 g/mol. The zero-order valence-corrected chi connectivity index (χ0v) is 12.8. The highest BCUT2D eigenvalue weighted by Crippen LogP contribution is 2.44. The summed E-state index contributed by atoms with van der Waals surface area (Å²) >= 11 is 0. The fourth-order valence-corrected chi connectivity index (χ4v) is 3.23. The maximum atomic E-state index is 12.6. The summed E-state index contributed by atoms with van der Waals surface area (Å²) in [6.07, 6.45) is 0.510. The van der Waals surface area contributed by atoms with Crippen LogP contribution in [0.25, 0.3) is 0 Å². The molecule has 1 aliphatic heterocycles. The highest BCUT2D eigenvalue weighted by molar-refractivity contribution is 6.02. The highest BCUT2D eigenvalue weighted by Gasteiger charge is 2.39. The van der Waals surface area contributed by atoms with E-state index in [2.05, 4.69) is 45.0 Å². The first-order valence-electron chi connectivity index (χ1n) is 7.43. The summed E-state index contributed by atoms with van der Waals surface area (Å²) < 4.78 is 0. The van der Waals surface area contributed by atoms with E-state index in [4.69, 9.17) is 0 Å². The molecule has 0 radical (unpaired) electrons. The van der Waals surface area contributed by atoms with E-state index in [9.17, 15) is 4.79 Å². The van der Waals surface area contributed by atoms with E-state index in [1.165, 1.54) is 5.56 Å². The van der Waals surface area contributed by atoms with Gasteiger partial charge < -0.3 is 4.90 Å². The minimum Gasteiger partial charge on any atom is -0.304 e. The largest absolute Gasteiger partial charge is 0.304 e. The molecular formula is C19H21NO. The van der Waals surface area contributed by atoms with Crippen LogP contribution in [-0.2, 0) is 11.2 Å². The van der Waals surface area contributed by atoms with Crippen molar-refractivity contribution in [2.75, 3.05) is 4.90 Å². The van der Waals surface area contributed by atoms with Gasteiger partial charge in [-0.3, -0.25) is 4.79 Å². The average Bonchev–Trinajstić information content (AvgIpc) is 2.76. The Hall–Kier alpha value is -2.09. The molecule has 21 heavy (non-hydrogen) atoms. The molecular weight excluding hydrogens is 258 g/mol. The van der Waals surface area contributed by atoms with E-state index < -0.39 is 0 Å². The number of hydrogen-bond acceptors (Lipinski definition) is 1. The Labute approximate surface area is 126 Å². The van der Waals surface area contributed by atoms with E-state index in [0.29, 0.717) is 6.42 Å². The van der Waals surface area contributed by atoms with Crippen molar-refractivity contribution in [3.8, 4) is 0 Å². The summed E-state index contributed by atoms with van der Waals surface area (Å²) in [5.74, 6) is 0.194. The first-order chi connectivity index (χ1) is 9.98. The molecule has 0 spiro atoms. The Bertz CT molecular complexity index is 655. The Morgan fingerprint density at radius 2 is 1.57 bits per heavy atom. The molecule has 2 aromatic rings. The topological polar surface area (TPSA) is 20.3 Å². The van der Waals surface area contributed by atoms with Crippen LogP contribution in [0.3, 0.4) is 0 Å². The van der Waals surface area contributed by atoms with Crippen molar-refractivity contribution < 1.29 is 4.79 Å². The minimum atomic E-state index is -0.0333. The number of rotatable bonds is 2. The number of nitrogens with zero attached hydrogens (tertiary/aromatic N) is 1. The van der Waals surface area contributed by atoms with Crippen LogP contribution >= 0.6 is 0 Å². The second-order valence-electron chi connectivity index (χ2n) is 6.75. The van der Waals surface area contributed by atoms with Gasteiger partial charge in [-0.05, 0) is 22.6 Å². The van der Waals surface area contributed by atoms with Gasteiger partial charge in [0.15, 0.2) is 0 Å². The van der Waals surface area contributed by atoms with Crippen molar-refractivity contribution in [1.82, 2.24) is 0 Å². The van der Waals surface area contributed by atoms with Gasteiger partial charge in [0.2, 0.25) is 5.91 Å². The summed E-state index contributed by atoms with van der Waals surface area (Å²) in [6, 6.07) is 18.5. The Kier molecular flexibility index (Phi) is 3.32. The molecule has 2 nitrogen and oxygen atoms in total. The molecule has 1 heterocycles. The van der Waals surface area contributed by atoms with Crippen LogP contribution in [0.4, 0.5) is 5.69 Å². The average molecular weight is 279 g/mol. The Morgan fingerprint density at radius 1 is 0.952 bits per heavy atom. The SMILES string of the molecule is CC(C)(C)C(c1ccccc1)N1C(=O)Cc2ccccc21. The molecule has 0 saturated carbocycles. The normalized spacial score (nSPS) is 16.0. The minimum absolute atomic E-state index is 0.0333. The van der Waals surface area contributed by atoms with Gasteiger partial charge in [-0.15, -0.1) is 0 Å². The van der Waals surface area contributed by atoms with Gasteiger partial charge in [0, 0.05) is 5.69 Å². The van der Waals surface area contributed by atoms with E-state index in [-0.39, 0.29) is 17.4 Å². The fourth-order valence-electron chi connectivity index (χ4n) is 3.23. The van der Waals surface area contributed by atoms with Crippen LogP contribution in [0.5, 0.6) is 0 Å². The van der Waals surface area contributed by atoms with Crippen molar-refractivity contribution in [2.45, 2.75) is 33.2 Å². The number of hydrogen-bond donors (Lipinski definition) is 0. The van der Waals surface area contributed by atoms with Crippen LogP contribution in [0.2, 0.25) is 0 Å². The molecule has 0 bridgehead atoms. The zero-order chi connectivity index (χ0) is 15.0. The molecule has 108 valence electrons. The maximum Gasteiger partial charge on any atom is 0.232 e. The zero-order valence-electron chi connectivity index (χ0n) is 12.8. The number of anilines is 1.